The van der Waals surface area contributed by atoms with Crippen molar-refractivity contribution in [2.24, 2.45) is 0 Å². The van der Waals surface area contributed by atoms with Crippen molar-refractivity contribution in [3.63, 3.8) is 0 Å². The zero-order chi connectivity index (χ0) is 16.4. The van der Waals surface area contributed by atoms with Crippen LogP contribution < -0.4 is 10.1 Å². The summed E-state index contributed by atoms with van der Waals surface area (Å²) in [4.78, 5) is 27.4. The summed E-state index contributed by atoms with van der Waals surface area (Å²) in [6.45, 7) is 2.21. The van der Waals surface area contributed by atoms with E-state index in [0.717, 1.165) is 21.1 Å². The molecule has 1 atom stereocenters. The lowest BCUT2D eigenvalue weighted by atomic mass is 10.2. The van der Waals surface area contributed by atoms with Gasteiger partial charge in [-0.1, -0.05) is 6.92 Å². The highest BCUT2D eigenvalue weighted by molar-refractivity contribution is 7.15. The number of carbonyl (C=O) groups is 2. The summed E-state index contributed by atoms with van der Waals surface area (Å²) >= 11 is 1.58. The third kappa shape index (κ3) is 3.07. The Balaban J connectivity index is 1.74. The third-order valence-corrected chi connectivity index (χ3v) is 4.98. The highest BCUT2D eigenvalue weighted by atomic mass is 32.1. The number of hydrogen-bond donors (Lipinski definition) is 1. The number of imide groups is 1. The molecule has 0 radical (unpaired) electrons. The summed E-state index contributed by atoms with van der Waals surface area (Å²) in [5, 5.41) is 2.70. The Hall–Kier alpha value is -2.34. The number of methoxy groups -OCH3 is 1. The Morgan fingerprint density at radius 3 is 2.52 bits per heavy atom. The minimum Gasteiger partial charge on any atom is -0.497 e. The molecule has 120 valence electrons. The van der Waals surface area contributed by atoms with Gasteiger partial charge in [-0.15, -0.1) is 11.3 Å². The molecule has 0 saturated carbocycles. The molecule has 1 N–H and O–H groups in total. The molecular formula is C17H18N2O3S. The third-order valence-electron chi connectivity index (χ3n) is 3.87. The molecule has 1 saturated heterocycles. The number of thiophene rings is 1. The first kappa shape index (κ1) is 15.6. The van der Waals surface area contributed by atoms with Gasteiger partial charge in [0.15, 0.2) is 0 Å². The fourth-order valence-electron chi connectivity index (χ4n) is 2.53. The molecule has 2 heterocycles. The maximum atomic E-state index is 12.1. The van der Waals surface area contributed by atoms with E-state index >= 15 is 0 Å². The minimum absolute atomic E-state index is 0.142. The zero-order valence-electron chi connectivity index (χ0n) is 13.0. The SMILES string of the molecule is CCC1NC(=O)N(Cc2ccc(-c3ccc(OC)cc3)s2)C1=O. The first-order valence-corrected chi connectivity index (χ1v) is 8.29. The fraction of sp³-hybridized carbons (Fsp3) is 0.294. The van der Waals surface area contributed by atoms with Gasteiger partial charge in [0, 0.05) is 9.75 Å². The van der Waals surface area contributed by atoms with Crippen molar-refractivity contribution >= 4 is 23.3 Å². The molecule has 3 amide bonds. The van der Waals surface area contributed by atoms with Crippen LogP contribution in [0.15, 0.2) is 36.4 Å². The predicted molar refractivity (Wildman–Crippen MR) is 89.5 cm³/mol. The lowest BCUT2D eigenvalue weighted by Crippen LogP contribution is -2.30. The number of rotatable bonds is 5. The quantitative estimate of drug-likeness (QED) is 0.856. The molecule has 1 fully saturated rings. The number of carbonyl (C=O) groups excluding carboxylic acids is 2. The number of nitrogens with one attached hydrogen (secondary N) is 1. The van der Waals surface area contributed by atoms with E-state index in [4.69, 9.17) is 4.74 Å². The van der Waals surface area contributed by atoms with E-state index in [2.05, 4.69) is 5.32 Å². The second kappa shape index (κ2) is 6.42. The van der Waals surface area contributed by atoms with E-state index in [1.165, 1.54) is 4.90 Å². The molecule has 1 aliphatic heterocycles. The van der Waals surface area contributed by atoms with E-state index in [1.54, 1.807) is 18.4 Å². The van der Waals surface area contributed by atoms with Crippen LogP contribution in [0, 0.1) is 0 Å². The van der Waals surface area contributed by atoms with E-state index < -0.39 is 0 Å². The van der Waals surface area contributed by atoms with E-state index in [0.29, 0.717) is 13.0 Å². The molecule has 0 spiro atoms. The van der Waals surface area contributed by atoms with Crippen LogP contribution in [-0.4, -0.2) is 30.0 Å². The number of hydrogen-bond acceptors (Lipinski definition) is 4. The molecule has 1 aliphatic rings. The van der Waals surface area contributed by atoms with Crippen LogP contribution in [0.5, 0.6) is 5.75 Å². The van der Waals surface area contributed by atoms with Crippen LogP contribution in [0.1, 0.15) is 18.2 Å². The van der Waals surface area contributed by atoms with Gasteiger partial charge < -0.3 is 10.1 Å². The largest absolute Gasteiger partial charge is 0.497 e. The number of urea groups is 1. The van der Waals surface area contributed by atoms with Gasteiger partial charge in [0.05, 0.1) is 13.7 Å². The predicted octanol–water partition coefficient (Wildman–Crippen LogP) is 3.25. The summed E-state index contributed by atoms with van der Waals surface area (Å²) in [5.41, 5.74) is 1.09. The molecule has 3 rings (SSSR count). The molecule has 1 aromatic carbocycles. The van der Waals surface area contributed by atoms with Gasteiger partial charge in [0.1, 0.15) is 11.8 Å². The summed E-state index contributed by atoms with van der Waals surface area (Å²) in [6.07, 6.45) is 0.614. The van der Waals surface area contributed by atoms with Crippen molar-refractivity contribution in [1.82, 2.24) is 10.2 Å². The van der Waals surface area contributed by atoms with Crippen LogP contribution in [0.2, 0.25) is 0 Å². The van der Waals surface area contributed by atoms with Crippen LogP contribution in [0.25, 0.3) is 10.4 Å². The van der Waals surface area contributed by atoms with Gasteiger partial charge in [0.25, 0.3) is 5.91 Å². The van der Waals surface area contributed by atoms with Gasteiger partial charge in [-0.25, -0.2) is 4.79 Å². The number of nitrogens with zero attached hydrogens (tertiary/aromatic N) is 1. The first-order valence-electron chi connectivity index (χ1n) is 7.47. The summed E-state index contributed by atoms with van der Waals surface area (Å²) in [7, 11) is 1.64. The van der Waals surface area contributed by atoms with Gasteiger partial charge >= 0.3 is 6.03 Å². The van der Waals surface area contributed by atoms with Gasteiger partial charge in [-0.3, -0.25) is 9.69 Å². The van der Waals surface area contributed by atoms with Crippen molar-refractivity contribution < 1.29 is 14.3 Å². The highest BCUT2D eigenvalue weighted by Gasteiger charge is 2.36. The standard InChI is InChI=1S/C17H18N2O3S/c1-3-14-16(20)19(17(21)18-14)10-13-8-9-15(23-13)11-4-6-12(22-2)7-5-11/h4-9,14H,3,10H2,1-2H3,(H,18,21). The number of ether oxygens (including phenoxy) is 1. The van der Waals surface area contributed by atoms with Crippen molar-refractivity contribution in [3.05, 3.63) is 41.3 Å². The molecule has 1 unspecified atom stereocenters. The molecule has 0 aliphatic carbocycles. The van der Waals surface area contributed by atoms with Gasteiger partial charge in [-0.2, -0.15) is 0 Å². The Kier molecular flexibility index (Phi) is 4.34. The highest BCUT2D eigenvalue weighted by Crippen LogP contribution is 2.30. The molecule has 6 heteroatoms. The van der Waals surface area contributed by atoms with E-state index in [-0.39, 0.29) is 18.0 Å². The lowest BCUT2D eigenvalue weighted by molar-refractivity contribution is -0.127. The molecular weight excluding hydrogens is 312 g/mol. The maximum absolute atomic E-state index is 12.1. The normalized spacial score (nSPS) is 17.5. The molecule has 0 bridgehead atoms. The molecule has 5 nitrogen and oxygen atoms in total. The van der Waals surface area contributed by atoms with Crippen molar-refractivity contribution in [1.29, 1.82) is 0 Å². The Bertz CT molecular complexity index is 724. The first-order chi connectivity index (χ1) is 11.1. The van der Waals surface area contributed by atoms with Crippen molar-refractivity contribution in [3.8, 4) is 16.2 Å². The van der Waals surface area contributed by atoms with E-state index in [9.17, 15) is 9.59 Å². The van der Waals surface area contributed by atoms with Crippen molar-refractivity contribution in [2.75, 3.05) is 7.11 Å². The Morgan fingerprint density at radius 2 is 1.91 bits per heavy atom. The summed E-state index contributed by atoms with van der Waals surface area (Å²) in [5.74, 6) is 0.673. The molecule has 1 aromatic heterocycles. The van der Waals surface area contributed by atoms with E-state index in [1.807, 2.05) is 43.3 Å². The Labute approximate surface area is 138 Å². The monoisotopic (exact) mass is 330 g/mol. The van der Waals surface area contributed by atoms with Crippen LogP contribution in [-0.2, 0) is 11.3 Å². The Morgan fingerprint density at radius 1 is 1.17 bits per heavy atom. The average molecular weight is 330 g/mol. The average Bonchev–Trinajstić information content (AvgIpc) is 3.15. The summed E-state index contributed by atoms with van der Waals surface area (Å²) < 4.78 is 5.16. The summed E-state index contributed by atoms with van der Waals surface area (Å²) in [6, 6.07) is 11.1. The minimum atomic E-state index is -0.386. The fourth-order valence-corrected chi connectivity index (χ4v) is 3.53. The smallest absolute Gasteiger partial charge is 0.325 e. The van der Waals surface area contributed by atoms with Crippen LogP contribution in [0.3, 0.4) is 0 Å². The maximum Gasteiger partial charge on any atom is 0.325 e. The topological polar surface area (TPSA) is 58.6 Å². The molecule has 2 aromatic rings. The number of benzene rings is 1. The lowest BCUT2D eigenvalue weighted by Gasteiger charge is -2.11. The second-order valence-electron chi connectivity index (χ2n) is 5.33. The van der Waals surface area contributed by atoms with Gasteiger partial charge in [-0.05, 0) is 48.4 Å². The van der Waals surface area contributed by atoms with Crippen molar-refractivity contribution in [2.45, 2.75) is 25.9 Å². The number of amides is 3. The zero-order valence-corrected chi connectivity index (χ0v) is 13.9. The molecule has 23 heavy (non-hydrogen) atoms. The van der Waals surface area contributed by atoms with Crippen LogP contribution in [0.4, 0.5) is 4.79 Å². The second-order valence-corrected chi connectivity index (χ2v) is 6.50. The van der Waals surface area contributed by atoms with Gasteiger partial charge in [0.2, 0.25) is 0 Å². The van der Waals surface area contributed by atoms with Crippen LogP contribution >= 0.6 is 11.3 Å².